The number of fused-ring (bicyclic) bond motifs is 1. The van der Waals surface area contributed by atoms with E-state index in [-0.39, 0.29) is 11.4 Å². The van der Waals surface area contributed by atoms with Gasteiger partial charge in [0.15, 0.2) is 11.5 Å². The van der Waals surface area contributed by atoms with E-state index in [0.29, 0.717) is 38.4 Å². The number of hydrogen-bond donors (Lipinski definition) is 1. The van der Waals surface area contributed by atoms with Crippen LogP contribution in [0.15, 0.2) is 48.5 Å². The van der Waals surface area contributed by atoms with Crippen LogP contribution < -0.4 is 14.8 Å². The van der Waals surface area contributed by atoms with Crippen molar-refractivity contribution in [1.29, 1.82) is 0 Å². The van der Waals surface area contributed by atoms with E-state index in [1.54, 1.807) is 4.80 Å². The number of rotatable bonds is 7. The lowest BCUT2D eigenvalue weighted by Gasteiger charge is -2.32. The first-order valence-electron chi connectivity index (χ1n) is 11.3. The zero-order valence-electron chi connectivity index (χ0n) is 18.0. The zero-order chi connectivity index (χ0) is 21.8. The number of benzene rings is 2. The third-order valence-corrected chi connectivity index (χ3v) is 6.18. The summed E-state index contributed by atoms with van der Waals surface area (Å²) in [4.78, 5) is 14.4. The van der Waals surface area contributed by atoms with E-state index in [1.165, 1.54) is 0 Å². The van der Waals surface area contributed by atoms with Gasteiger partial charge in [-0.15, -0.1) is 10.2 Å². The Morgan fingerprint density at radius 1 is 1.03 bits per heavy atom. The number of carbonyl (C=O) groups excluding carboxylic acids is 1. The first kappa shape index (κ1) is 20.5. The fraction of sp³-hybridized carbons (Fsp3) is 0.417. The maximum atomic E-state index is 12.9. The Kier molecular flexibility index (Phi) is 5.75. The first-order valence-corrected chi connectivity index (χ1v) is 11.3. The highest BCUT2D eigenvalue weighted by molar-refractivity contribution is 5.77. The first-order chi connectivity index (χ1) is 15.7. The topological polar surface area (TPSA) is 91.2 Å². The van der Waals surface area contributed by atoms with Crippen molar-refractivity contribution in [3.8, 4) is 22.9 Å². The van der Waals surface area contributed by atoms with Crippen LogP contribution in [-0.4, -0.2) is 39.3 Å². The molecule has 0 atom stereocenters. The largest absolute Gasteiger partial charge is 0.486 e. The molecule has 1 aromatic heterocycles. The van der Waals surface area contributed by atoms with Crippen LogP contribution >= 0.6 is 0 Å². The third-order valence-electron chi connectivity index (χ3n) is 6.18. The summed E-state index contributed by atoms with van der Waals surface area (Å²) in [6, 6.07) is 15.8. The second-order valence-corrected chi connectivity index (χ2v) is 8.37. The van der Waals surface area contributed by atoms with Crippen molar-refractivity contribution in [2.45, 2.75) is 50.6 Å². The van der Waals surface area contributed by atoms with E-state index in [1.807, 2.05) is 42.5 Å². The molecule has 5 rings (SSSR count). The molecule has 0 saturated heterocycles. The number of amides is 1. The standard InChI is InChI=1S/C24H27N5O3/c30-22(9-6-14-29-27-23(26-28-29)18-7-2-1-3-8-18)25-24(12-4-5-13-24)19-10-11-20-21(17-19)32-16-15-31-20/h1-3,7-8,10-11,17H,4-6,9,12-16H2,(H,25,30). The Labute approximate surface area is 186 Å². The Balaban J connectivity index is 1.20. The number of nitrogens with zero attached hydrogens (tertiary/aromatic N) is 4. The average molecular weight is 434 g/mol. The van der Waals surface area contributed by atoms with Gasteiger partial charge in [0.2, 0.25) is 11.7 Å². The van der Waals surface area contributed by atoms with Crippen molar-refractivity contribution in [3.05, 3.63) is 54.1 Å². The second kappa shape index (κ2) is 8.98. The Hall–Kier alpha value is -3.42. The lowest BCUT2D eigenvalue weighted by atomic mass is 9.87. The molecular weight excluding hydrogens is 406 g/mol. The fourth-order valence-electron chi connectivity index (χ4n) is 4.56. The number of tetrazole rings is 1. The molecule has 1 saturated carbocycles. The van der Waals surface area contributed by atoms with Crippen molar-refractivity contribution in [1.82, 2.24) is 25.5 Å². The van der Waals surface area contributed by atoms with Crippen molar-refractivity contribution < 1.29 is 14.3 Å². The average Bonchev–Trinajstić information content (AvgIpc) is 3.50. The molecule has 0 bridgehead atoms. The second-order valence-electron chi connectivity index (χ2n) is 8.37. The summed E-state index contributed by atoms with van der Waals surface area (Å²) >= 11 is 0. The summed E-state index contributed by atoms with van der Waals surface area (Å²) < 4.78 is 11.4. The Morgan fingerprint density at radius 2 is 1.81 bits per heavy atom. The van der Waals surface area contributed by atoms with Crippen LogP contribution in [-0.2, 0) is 16.9 Å². The maximum absolute atomic E-state index is 12.9. The highest BCUT2D eigenvalue weighted by Gasteiger charge is 2.37. The molecule has 2 heterocycles. The van der Waals surface area contributed by atoms with Crippen LogP contribution in [0, 0.1) is 0 Å². The molecule has 1 fully saturated rings. The lowest BCUT2D eigenvalue weighted by molar-refractivity contribution is -0.123. The van der Waals surface area contributed by atoms with Gasteiger partial charge < -0.3 is 14.8 Å². The monoisotopic (exact) mass is 433 g/mol. The lowest BCUT2D eigenvalue weighted by Crippen LogP contribution is -2.43. The fourth-order valence-corrected chi connectivity index (χ4v) is 4.56. The van der Waals surface area contributed by atoms with Gasteiger partial charge in [0, 0.05) is 12.0 Å². The van der Waals surface area contributed by atoms with Crippen LogP contribution in [0.1, 0.15) is 44.1 Å². The molecule has 1 aliphatic carbocycles. The molecule has 1 aliphatic heterocycles. The Bertz CT molecular complexity index is 1080. The molecule has 3 aromatic rings. The number of ether oxygens (including phenoxy) is 2. The Morgan fingerprint density at radius 3 is 2.62 bits per heavy atom. The molecule has 2 aromatic carbocycles. The van der Waals surface area contributed by atoms with Crippen LogP contribution in [0.4, 0.5) is 0 Å². The predicted octanol–water partition coefficient (Wildman–Crippen LogP) is 3.48. The van der Waals surface area contributed by atoms with Crippen LogP contribution in [0.5, 0.6) is 11.5 Å². The van der Waals surface area contributed by atoms with E-state index < -0.39 is 0 Å². The van der Waals surface area contributed by atoms with Crippen molar-refractivity contribution in [2.24, 2.45) is 0 Å². The molecule has 0 spiro atoms. The molecule has 8 nitrogen and oxygen atoms in total. The SMILES string of the molecule is O=C(CCCn1nnc(-c2ccccc2)n1)NC1(c2ccc3c(c2)OCCO3)CCCC1. The minimum atomic E-state index is -0.334. The molecule has 32 heavy (non-hydrogen) atoms. The molecule has 8 heteroatoms. The molecule has 1 amide bonds. The molecule has 1 N–H and O–H groups in total. The predicted molar refractivity (Wildman–Crippen MR) is 118 cm³/mol. The third kappa shape index (κ3) is 4.30. The molecule has 0 radical (unpaired) electrons. The van der Waals surface area contributed by atoms with Gasteiger partial charge in [-0.2, -0.15) is 4.80 Å². The summed E-state index contributed by atoms with van der Waals surface area (Å²) in [5.74, 6) is 2.18. The summed E-state index contributed by atoms with van der Waals surface area (Å²) in [5, 5.41) is 16.0. The number of nitrogens with one attached hydrogen (secondary N) is 1. The smallest absolute Gasteiger partial charge is 0.220 e. The summed E-state index contributed by atoms with van der Waals surface area (Å²) in [7, 11) is 0. The van der Waals surface area contributed by atoms with Gasteiger partial charge >= 0.3 is 0 Å². The normalized spacial score (nSPS) is 16.6. The van der Waals surface area contributed by atoms with E-state index in [2.05, 4.69) is 26.8 Å². The maximum Gasteiger partial charge on any atom is 0.220 e. The summed E-state index contributed by atoms with van der Waals surface area (Å²) in [6.07, 6.45) is 5.12. The minimum Gasteiger partial charge on any atom is -0.486 e. The van der Waals surface area contributed by atoms with Crippen LogP contribution in [0.2, 0.25) is 0 Å². The quantitative estimate of drug-likeness (QED) is 0.613. The van der Waals surface area contributed by atoms with Crippen molar-refractivity contribution in [2.75, 3.05) is 13.2 Å². The van der Waals surface area contributed by atoms with Crippen molar-refractivity contribution in [3.63, 3.8) is 0 Å². The van der Waals surface area contributed by atoms with Gasteiger partial charge in [0.25, 0.3) is 0 Å². The summed E-state index contributed by atoms with van der Waals surface area (Å²) in [6.45, 7) is 1.67. The highest BCUT2D eigenvalue weighted by Crippen LogP contribution is 2.42. The minimum absolute atomic E-state index is 0.0465. The number of aryl methyl sites for hydroxylation is 1. The summed E-state index contributed by atoms with van der Waals surface area (Å²) in [5.41, 5.74) is 1.69. The highest BCUT2D eigenvalue weighted by atomic mass is 16.6. The van der Waals surface area contributed by atoms with E-state index in [4.69, 9.17) is 9.47 Å². The van der Waals surface area contributed by atoms with Gasteiger partial charge in [-0.1, -0.05) is 49.2 Å². The number of hydrogen-bond acceptors (Lipinski definition) is 6. The van der Waals surface area contributed by atoms with E-state index >= 15 is 0 Å². The van der Waals surface area contributed by atoms with Crippen LogP contribution in [0.25, 0.3) is 11.4 Å². The van der Waals surface area contributed by atoms with E-state index in [9.17, 15) is 4.79 Å². The van der Waals surface area contributed by atoms with Gasteiger partial charge in [-0.3, -0.25) is 4.79 Å². The van der Waals surface area contributed by atoms with Gasteiger partial charge in [0.05, 0.1) is 12.1 Å². The van der Waals surface area contributed by atoms with Gasteiger partial charge in [-0.05, 0) is 42.2 Å². The van der Waals surface area contributed by atoms with E-state index in [0.717, 1.165) is 48.3 Å². The van der Waals surface area contributed by atoms with Crippen molar-refractivity contribution >= 4 is 5.91 Å². The number of carbonyl (C=O) groups is 1. The van der Waals surface area contributed by atoms with Crippen LogP contribution in [0.3, 0.4) is 0 Å². The molecule has 2 aliphatic rings. The number of aromatic nitrogens is 4. The molecular formula is C24H27N5O3. The van der Waals surface area contributed by atoms with Gasteiger partial charge in [0.1, 0.15) is 13.2 Å². The molecule has 166 valence electrons. The van der Waals surface area contributed by atoms with Gasteiger partial charge in [-0.25, -0.2) is 0 Å². The zero-order valence-corrected chi connectivity index (χ0v) is 18.0. The molecule has 0 unspecified atom stereocenters.